The Labute approximate surface area is 173 Å². The molecular weight excluding hydrogens is 378 g/mol. The van der Waals surface area contributed by atoms with Crippen LogP contribution in [0.25, 0.3) is 32.8 Å². The average Bonchev–Trinajstić information content (AvgIpc) is 2.76. The minimum Gasteiger partial charge on any atom is -0.506 e. The number of benzene rings is 3. The number of ether oxygens (including phenoxy) is 1. The van der Waals surface area contributed by atoms with Crippen LogP contribution >= 0.6 is 0 Å². The van der Waals surface area contributed by atoms with Gasteiger partial charge in [-0.15, -0.1) is 0 Å². The predicted octanol–water partition coefficient (Wildman–Crippen LogP) is 5.29. The van der Waals surface area contributed by atoms with Crippen LogP contribution in [0.5, 0.6) is 5.75 Å². The summed E-state index contributed by atoms with van der Waals surface area (Å²) < 4.78 is 4.85. The first-order valence-corrected chi connectivity index (χ1v) is 9.87. The molecule has 0 radical (unpaired) electrons. The van der Waals surface area contributed by atoms with Gasteiger partial charge in [-0.25, -0.2) is 4.98 Å². The number of rotatable bonds is 6. The van der Waals surface area contributed by atoms with Crippen LogP contribution in [0.3, 0.4) is 0 Å². The van der Waals surface area contributed by atoms with Crippen molar-refractivity contribution >= 4 is 33.4 Å². The first-order chi connectivity index (χ1) is 14.6. The predicted molar refractivity (Wildman–Crippen MR) is 117 cm³/mol. The van der Waals surface area contributed by atoms with Crippen molar-refractivity contribution in [3.05, 3.63) is 72.4 Å². The molecule has 0 amide bonds. The van der Waals surface area contributed by atoms with Gasteiger partial charge in [-0.2, -0.15) is 0 Å². The number of hydrogen-bond acceptors (Lipinski definition) is 5. The molecule has 0 fully saturated rings. The fourth-order valence-electron chi connectivity index (χ4n) is 3.57. The monoisotopic (exact) mass is 399 g/mol. The number of esters is 1. The highest BCUT2D eigenvalue weighted by Crippen LogP contribution is 2.32. The first-order valence-electron chi connectivity index (χ1n) is 9.87. The third-order valence-corrected chi connectivity index (χ3v) is 5.02. The maximum Gasteiger partial charge on any atom is 0.306 e. The maximum atomic E-state index is 12.5. The van der Waals surface area contributed by atoms with Crippen molar-refractivity contribution in [2.75, 3.05) is 6.61 Å². The molecule has 0 spiro atoms. The van der Waals surface area contributed by atoms with Gasteiger partial charge in [0.05, 0.1) is 18.5 Å². The summed E-state index contributed by atoms with van der Waals surface area (Å²) in [7, 11) is 0. The Morgan fingerprint density at radius 3 is 2.57 bits per heavy atom. The Kier molecular flexibility index (Phi) is 5.44. The van der Waals surface area contributed by atoms with Crippen LogP contribution in [0.2, 0.25) is 0 Å². The first kappa shape index (κ1) is 19.6. The Balaban J connectivity index is 1.71. The Morgan fingerprint density at radius 2 is 1.73 bits per heavy atom. The topological polar surface area (TPSA) is 76.5 Å². The van der Waals surface area contributed by atoms with Crippen LogP contribution < -0.4 is 0 Å². The Hall–Kier alpha value is -3.73. The van der Waals surface area contributed by atoms with Gasteiger partial charge in [0.2, 0.25) is 0 Å². The van der Waals surface area contributed by atoms with Crippen molar-refractivity contribution in [1.82, 2.24) is 4.98 Å². The zero-order valence-electron chi connectivity index (χ0n) is 16.6. The number of fused-ring (bicyclic) bond motifs is 2. The lowest BCUT2D eigenvalue weighted by atomic mass is 9.97. The Bertz CT molecular complexity index is 1260. The number of carbonyl (C=O) groups is 2. The van der Waals surface area contributed by atoms with E-state index in [-0.39, 0.29) is 30.9 Å². The maximum absolute atomic E-state index is 12.5. The molecule has 0 aliphatic heterocycles. The molecular formula is C25H21NO4. The molecule has 1 heterocycles. The van der Waals surface area contributed by atoms with Crippen LogP contribution in [-0.4, -0.2) is 28.4 Å². The summed E-state index contributed by atoms with van der Waals surface area (Å²) in [6.45, 7) is 1.98. The van der Waals surface area contributed by atoms with Gasteiger partial charge >= 0.3 is 5.97 Å². The summed E-state index contributed by atoms with van der Waals surface area (Å²) in [6, 6.07) is 21.6. The van der Waals surface area contributed by atoms with E-state index in [4.69, 9.17) is 4.74 Å². The van der Waals surface area contributed by atoms with E-state index in [9.17, 15) is 14.7 Å². The van der Waals surface area contributed by atoms with Crippen LogP contribution in [0.15, 0.2) is 66.7 Å². The highest BCUT2D eigenvalue weighted by Gasteiger charge is 2.17. The fourth-order valence-corrected chi connectivity index (χ4v) is 3.57. The summed E-state index contributed by atoms with van der Waals surface area (Å²) in [6.07, 6.45) is -0.101. The van der Waals surface area contributed by atoms with Crippen molar-refractivity contribution in [1.29, 1.82) is 0 Å². The second-order valence-corrected chi connectivity index (χ2v) is 7.02. The molecule has 1 aromatic heterocycles. The second kappa shape index (κ2) is 8.33. The SMILES string of the molecule is CCOC(=O)CCC(=O)c1nc2cc(-c3cccc4ccccc34)ccc2cc1O. The number of pyridine rings is 1. The largest absolute Gasteiger partial charge is 0.506 e. The van der Waals surface area contributed by atoms with Gasteiger partial charge in [-0.3, -0.25) is 9.59 Å². The van der Waals surface area contributed by atoms with Crippen LogP contribution in [0.4, 0.5) is 0 Å². The number of carbonyl (C=O) groups excluding carboxylic acids is 2. The zero-order valence-corrected chi connectivity index (χ0v) is 16.6. The number of hydrogen-bond donors (Lipinski definition) is 1. The molecule has 0 unspecified atom stereocenters. The third-order valence-electron chi connectivity index (χ3n) is 5.02. The number of Topliss-reactive ketones (excluding diaryl/α,β-unsaturated/α-hetero) is 1. The summed E-state index contributed by atoms with van der Waals surface area (Å²) in [5, 5.41) is 13.3. The van der Waals surface area contributed by atoms with Crippen LogP contribution in [-0.2, 0) is 9.53 Å². The highest BCUT2D eigenvalue weighted by molar-refractivity contribution is 6.02. The lowest BCUT2D eigenvalue weighted by molar-refractivity contribution is -0.143. The van der Waals surface area contributed by atoms with Crippen LogP contribution in [0, 0.1) is 0 Å². The van der Waals surface area contributed by atoms with E-state index in [1.807, 2.05) is 36.4 Å². The van der Waals surface area contributed by atoms with E-state index < -0.39 is 11.8 Å². The summed E-state index contributed by atoms with van der Waals surface area (Å²) in [5.41, 5.74) is 2.63. The minimum atomic E-state index is -0.440. The molecule has 0 atom stereocenters. The smallest absolute Gasteiger partial charge is 0.306 e. The van der Waals surface area contributed by atoms with Gasteiger partial charge in [-0.1, -0.05) is 54.6 Å². The standard InChI is InChI=1S/C25H21NO4/c1-2-30-24(29)13-12-22(27)25-23(28)15-18-11-10-17(14-21(18)26-25)20-9-5-7-16-6-3-4-8-19(16)20/h3-11,14-15,28H,2,12-13H2,1H3. The lowest BCUT2D eigenvalue weighted by Crippen LogP contribution is -2.09. The molecule has 3 aromatic carbocycles. The van der Waals surface area contributed by atoms with E-state index in [1.54, 1.807) is 6.92 Å². The number of ketones is 1. The van der Waals surface area contributed by atoms with Crippen molar-refractivity contribution in [3.63, 3.8) is 0 Å². The number of aromatic nitrogens is 1. The van der Waals surface area contributed by atoms with Gasteiger partial charge in [0, 0.05) is 11.8 Å². The summed E-state index contributed by atoms with van der Waals surface area (Å²) in [5.74, 6) is -1.02. The minimum absolute atomic E-state index is 0.0260. The lowest BCUT2D eigenvalue weighted by Gasteiger charge is -2.10. The molecule has 4 rings (SSSR count). The molecule has 0 saturated carbocycles. The molecule has 1 N–H and O–H groups in total. The molecule has 0 aliphatic carbocycles. The highest BCUT2D eigenvalue weighted by atomic mass is 16.5. The van der Waals surface area contributed by atoms with Crippen molar-refractivity contribution in [3.8, 4) is 16.9 Å². The van der Waals surface area contributed by atoms with Gasteiger partial charge in [0.1, 0.15) is 11.4 Å². The van der Waals surface area contributed by atoms with Gasteiger partial charge in [0.25, 0.3) is 0 Å². The van der Waals surface area contributed by atoms with Gasteiger partial charge in [0.15, 0.2) is 5.78 Å². The molecule has 0 aliphatic rings. The van der Waals surface area contributed by atoms with E-state index >= 15 is 0 Å². The van der Waals surface area contributed by atoms with E-state index in [2.05, 4.69) is 29.2 Å². The fraction of sp³-hybridized carbons (Fsp3) is 0.160. The molecule has 30 heavy (non-hydrogen) atoms. The summed E-state index contributed by atoms with van der Waals surface area (Å²) in [4.78, 5) is 28.5. The van der Waals surface area contributed by atoms with E-state index in [0.717, 1.165) is 27.3 Å². The van der Waals surface area contributed by atoms with Crippen LogP contribution in [0.1, 0.15) is 30.3 Å². The molecule has 5 heteroatoms. The van der Waals surface area contributed by atoms with Gasteiger partial charge < -0.3 is 9.84 Å². The molecule has 150 valence electrons. The Morgan fingerprint density at radius 1 is 0.933 bits per heavy atom. The normalized spacial score (nSPS) is 11.0. The zero-order chi connectivity index (χ0) is 21.1. The second-order valence-electron chi connectivity index (χ2n) is 7.02. The number of nitrogens with zero attached hydrogens (tertiary/aromatic N) is 1. The molecule has 5 nitrogen and oxygen atoms in total. The van der Waals surface area contributed by atoms with Gasteiger partial charge in [-0.05, 0) is 41.0 Å². The quantitative estimate of drug-likeness (QED) is 0.352. The van der Waals surface area contributed by atoms with E-state index in [0.29, 0.717) is 5.52 Å². The van der Waals surface area contributed by atoms with Crippen molar-refractivity contribution in [2.24, 2.45) is 0 Å². The third kappa shape index (κ3) is 3.87. The van der Waals surface area contributed by atoms with Crippen molar-refractivity contribution in [2.45, 2.75) is 19.8 Å². The number of aromatic hydroxyl groups is 1. The van der Waals surface area contributed by atoms with Crippen molar-refractivity contribution < 1.29 is 19.4 Å². The summed E-state index contributed by atoms with van der Waals surface area (Å²) >= 11 is 0. The molecule has 0 bridgehead atoms. The molecule has 0 saturated heterocycles. The van der Waals surface area contributed by atoms with E-state index in [1.165, 1.54) is 6.07 Å². The average molecular weight is 399 g/mol. The molecule has 4 aromatic rings.